The molecule has 2 heterocycles. The topological polar surface area (TPSA) is 66.0 Å². The van der Waals surface area contributed by atoms with Gasteiger partial charge in [0.2, 0.25) is 0 Å². The first-order valence-corrected chi connectivity index (χ1v) is 6.38. The van der Waals surface area contributed by atoms with Gasteiger partial charge >= 0.3 is 0 Å². The van der Waals surface area contributed by atoms with E-state index in [0.29, 0.717) is 17.4 Å². The van der Waals surface area contributed by atoms with Gasteiger partial charge in [-0.25, -0.2) is 0 Å². The SMILES string of the molecule is Cc1cc(C#N)ccc1-c1nc(N2CCCC2)no1. The lowest BCUT2D eigenvalue weighted by atomic mass is 10.1. The Hall–Kier alpha value is -2.35. The quantitative estimate of drug-likeness (QED) is 0.823. The van der Waals surface area contributed by atoms with Crippen LogP contribution in [-0.4, -0.2) is 23.2 Å². The maximum Gasteiger partial charge on any atom is 0.266 e. The smallest absolute Gasteiger partial charge is 0.266 e. The Morgan fingerprint density at radius 3 is 2.79 bits per heavy atom. The Balaban J connectivity index is 1.92. The van der Waals surface area contributed by atoms with E-state index in [0.717, 1.165) is 24.2 Å². The Morgan fingerprint density at radius 2 is 2.11 bits per heavy atom. The number of aryl methyl sites for hydroxylation is 1. The van der Waals surface area contributed by atoms with Gasteiger partial charge in [0.15, 0.2) is 0 Å². The number of nitrogens with zero attached hydrogens (tertiary/aromatic N) is 4. The minimum Gasteiger partial charge on any atom is -0.338 e. The molecular formula is C14H14N4O. The summed E-state index contributed by atoms with van der Waals surface area (Å²) in [5.41, 5.74) is 2.49. The van der Waals surface area contributed by atoms with E-state index in [4.69, 9.17) is 9.78 Å². The first-order chi connectivity index (χ1) is 9.28. The molecule has 0 bridgehead atoms. The highest BCUT2D eigenvalue weighted by Gasteiger charge is 2.19. The Kier molecular flexibility index (Phi) is 2.92. The van der Waals surface area contributed by atoms with E-state index >= 15 is 0 Å². The number of hydrogen-bond acceptors (Lipinski definition) is 5. The van der Waals surface area contributed by atoms with Gasteiger partial charge in [-0.2, -0.15) is 10.2 Å². The van der Waals surface area contributed by atoms with Crippen LogP contribution in [0.1, 0.15) is 24.0 Å². The van der Waals surface area contributed by atoms with Crippen molar-refractivity contribution in [1.82, 2.24) is 10.1 Å². The van der Waals surface area contributed by atoms with E-state index < -0.39 is 0 Å². The molecule has 0 saturated carbocycles. The van der Waals surface area contributed by atoms with Gasteiger partial charge < -0.3 is 9.42 Å². The van der Waals surface area contributed by atoms with Gasteiger partial charge in [-0.1, -0.05) is 0 Å². The molecule has 1 aliphatic heterocycles. The maximum absolute atomic E-state index is 8.86. The highest BCUT2D eigenvalue weighted by Crippen LogP contribution is 2.25. The molecule has 1 aromatic carbocycles. The fourth-order valence-electron chi connectivity index (χ4n) is 2.34. The monoisotopic (exact) mass is 254 g/mol. The predicted molar refractivity (Wildman–Crippen MR) is 70.6 cm³/mol. The third-order valence-corrected chi connectivity index (χ3v) is 3.39. The van der Waals surface area contributed by atoms with Crippen LogP contribution in [0.15, 0.2) is 22.7 Å². The van der Waals surface area contributed by atoms with Crippen LogP contribution in [-0.2, 0) is 0 Å². The van der Waals surface area contributed by atoms with Crippen molar-refractivity contribution in [3.8, 4) is 17.5 Å². The summed E-state index contributed by atoms with van der Waals surface area (Å²) in [6, 6.07) is 7.57. The molecule has 96 valence electrons. The summed E-state index contributed by atoms with van der Waals surface area (Å²) in [6.45, 7) is 3.92. The summed E-state index contributed by atoms with van der Waals surface area (Å²) >= 11 is 0. The molecule has 0 aliphatic carbocycles. The molecule has 0 amide bonds. The second kappa shape index (κ2) is 4.73. The standard InChI is InChI=1S/C14H14N4O/c1-10-8-11(9-15)4-5-12(10)13-16-14(17-19-13)18-6-2-3-7-18/h4-5,8H,2-3,6-7H2,1H3. The predicted octanol–water partition coefficient (Wildman–Crippen LogP) is 2.52. The maximum atomic E-state index is 8.86. The highest BCUT2D eigenvalue weighted by molar-refractivity contribution is 5.61. The molecule has 1 saturated heterocycles. The molecule has 0 N–H and O–H groups in total. The van der Waals surface area contributed by atoms with Crippen molar-refractivity contribution in [1.29, 1.82) is 5.26 Å². The van der Waals surface area contributed by atoms with Crippen LogP contribution < -0.4 is 4.90 Å². The van der Waals surface area contributed by atoms with Gasteiger partial charge in [-0.05, 0) is 48.7 Å². The minimum absolute atomic E-state index is 0.517. The molecule has 1 fully saturated rings. The lowest BCUT2D eigenvalue weighted by Crippen LogP contribution is -2.18. The zero-order valence-electron chi connectivity index (χ0n) is 10.8. The molecule has 0 radical (unpaired) electrons. The lowest BCUT2D eigenvalue weighted by Gasteiger charge is -2.09. The van der Waals surface area contributed by atoms with Crippen molar-refractivity contribution in [2.24, 2.45) is 0 Å². The molecule has 5 heteroatoms. The lowest BCUT2D eigenvalue weighted by molar-refractivity contribution is 0.430. The molecule has 1 aliphatic rings. The summed E-state index contributed by atoms with van der Waals surface area (Å²) in [5, 5.41) is 12.9. The van der Waals surface area contributed by atoms with Crippen LogP contribution >= 0.6 is 0 Å². The largest absolute Gasteiger partial charge is 0.338 e. The zero-order chi connectivity index (χ0) is 13.2. The van der Waals surface area contributed by atoms with Crippen LogP contribution in [0.5, 0.6) is 0 Å². The van der Waals surface area contributed by atoms with Gasteiger partial charge in [0, 0.05) is 18.7 Å². The summed E-state index contributed by atoms with van der Waals surface area (Å²) in [6.07, 6.45) is 2.36. The molecular weight excluding hydrogens is 240 g/mol. The van der Waals surface area contributed by atoms with Crippen LogP contribution in [0.3, 0.4) is 0 Å². The second-order valence-electron chi connectivity index (χ2n) is 4.74. The van der Waals surface area contributed by atoms with Gasteiger partial charge in [-0.3, -0.25) is 0 Å². The average molecular weight is 254 g/mol. The third kappa shape index (κ3) is 2.17. The Bertz CT molecular complexity index is 635. The van der Waals surface area contributed by atoms with E-state index in [1.807, 2.05) is 19.1 Å². The van der Waals surface area contributed by atoms with Crippen molar-refractivity contribution < 1.29 is 4.52 Å². The zero-order valence-corrected chi connectivity index (χ0v) is 10.8. The van der Waals surface area contributed by atoms with Crippen LogP contribution in [0.2, 0.25) is 0 Å². The van der Waals surface area contributed by atoms with Gasteiger partial charge in [0.05, 0.1) is 11.6 Å². The first kappa shape index (κ1) is 11.7. The second-order valence-corrected chi connectivity index (χ2v) is 4.74. The fourth-order valence-corrected chi connectivity index (χ4v) is 2.34. The molecule has 5 nitrogen and oxygen atoms in total. The van der Waals surface area contributed by atoms with Crippen LogP contribution in [0, 0.1) is 18.3 Å². The summed E-state index contributed by atoms with van der Waals surface area (Å²) < 4.78 is 5.33. The van der Waals surface area contributed by atoms with E-state index in [9.17, 15) is 0 Å². The summed E-state index contributed by atoms with van der Waals surface area (Å²) in [5.74, 6) is 1.18. The summed E-state index contributed by atoms with van der Waals surface area (Å²) in [4.78, 5) is 6.58. The van der Waals surface area contributed by atoms with Crippen molar-refractivity contribution in [3.63, 3.8) is 0 Å². The molecule has 0 atom stereocenters. The number of benzene rings is 1. The number of hydrogen-bond donors (Lipinski definition) is 0. The van der Waals surface area contributed by atoms with Crippen molar-refractivity contribution in [2.75, 3.05) is 18.0 Å². The molecule has 3 rings (SSSR count). The first-order valence-electron chi connectivity index (χ1n) is 6.38. The number of aromatic nitrogens is 2. The van der Waals surface area contributed by atoms with E-state index in [1.165, 1.54) is 12.8 Å². The van der Waals surface area contributed by atoms with Gasteiger partial charge in [-0.15, -0.1) is 0 Å². The van der Waals surface area contributed by atoms with Gasteiger partial charge in [0.1, 0.15) is 0 Å². The third-order valence-electron chi connectivity index (χ3n) is 3.39. The fraction of sp³-hybridized carbons (Fsp3) is 0.357. The molecule has 1 aromatic heterocycles. The Labute approximate surface area is 111 Å². The average Bonchev–Trinajstić information content (AvgIpc) is 3.09. The molecule has 19 heavy (non-hydrogen) atoms. The molecule has 0 unspecified atom stereocenters. The number of nitriles is 1. The van der Waals surface area contributed by atoms with Crippen molar-refractivity contribution in [3.05, 3.63) is 29.3 Å². The highest BCUT2D eigenvalue weighted by atomic mass is 16.5. The Morgan fingerprint density at radius 1 is 1.32 bits per heavy atom. The minimum atomic E-state index is 0.517. The van der Waals surface area contributed by atoms with E-state index in [2.05, 4.69) is 21.1 Å². The van der Waals surface area contributed by atoms with E-state index in [1.54, 1.807) is 6.07 Å². The normalized spacial score (nSPS) is 14.6. The van der Waals surface area contributed by atoms with Crippen LogP contribution in [0.4, 0.5) is 5.95 Å². The van der Waals surface area contributed by atoms with Crippen LogP contribution in [0.25, 0.3) is 11.5 Å². The van der Waals surface area contributed by atoms with Crippen molar-refractivity contribution in [2.45, 2.75) is 19.8 Å². The number of anilines is 1. The van der Waals surface area contributed by atoms with Crippen molar-refractivity contribution >= 4 is 5.95 Å². The molecule has 2 aromatic rings. The number of rotatable bonds is 2. The molecule has 0 spiro atoms. The van der Waals surface area contributed by atoms with Gasteiger partial charge in [0.25, 0.3) is 11.8 Å². The summed E-state index contributed by atoms with van der Waals surface area (Å²) in [7, 11) is 0. The van der Waals surface area contributed by atoms with E-state index in [-0.39, 0.29) is 0 Å².